The number of nitrogens with one attached hydrogen (secondary N) is 2. The minimum atomic E-state index is -0.962. The van der Waals surface area contributed by atoms with Crippen molar-refractivity contribution in [1.82, 2.24) is 5.32 Å². The van der Waals surface area contributed by atoms with E-state index in [2.05, 4.69) is 10.6 Å². The van der Waals surface area contributed by atoms with E-state index in [1.54, 1.807) is 36.4 Å². The Labute approximate surface area is 143 Å². The van der Waals surface area contributed by atoms with Gasteiger partial charge in [0.2, 0.25) is 12.0 Å². The molecule has 1 saturated heterocycles. The SMILES string of the molecule is O=C(CCc1ccc(F)cc1)Nc1ccc(C2OC(=O)NC2=O)cc1. The van der Waals surface area contributed by atoms with E-state index in [0.29, 0.717) is 17.7 Å². The second-order valence-corrected chi connectivity index (χ2v) is 5.57. The number of ether oxygens (including phenoxy) is 1. The number of amides is 3. The molecule has 1 fully saturated rings. The average molecular weight is 342 g/mol. The van der Waals surface area contributed by atoms with Gasteiger partial charge in [-0.05, 0) is 36.2 Å². The van der Waals surface area contributed by atoms with Gasteiger partial charge >= 0.3 is 6.09 Å². The minimum Gasteiger partial charge on any atom is -0.431 e. The molecular weight excluding hydrogens is 327 g/mol. The Morgan fingerprint density at radius 1 is 1.08 bits per heavy atom. The van der Waals surface area contributed by atoms with Crippen molar-refractivity contribution in [2.45, 2.75) is 18.9 Å². The van der Waals surface area contributed by atoms with Crippen LogP contribution >= 0.6 is 0 Å². The summed E-state index contributed by atoms with van der Waals surface area (Å²) in [4.78, 5) is 34.5. The number of halogens is 1. The lowest BCUT2D eigenvalue weighted by atomic mass is 10.1. The van der Waals surface area contributed by atoms with E-state index in [1.165, 1.54) is 12.1 Å². The molecule has 1 aliphatic rings. The topological polar surface area (TPSA) is 84.5 Å². The van der Waals surface area contributed by atoms with Gasteiger partial charge in [0.25, 0.3) is 5.91 Å². The molecule has 128 valence electrons. The third kappa shape index (κ3) is 4.20. The van der Waals surface area contributed by atoms with Crippen LogP contribution in [0, 0.1) is 5.82 Å². The molecule has 6 nitrogen and oxygen atoms in total. The van der Waals surface area contributed by atoms with Crippen molar-refractivity contribution in [3.05, 3.63) is 65.5 Å². The standard InChI is InChI=1S/C18H15FN2O4/c19-13-6-1-11(2-7-13)3-10-15(22)20-14-8-4-12(5-9-14)16-17(23)21-18(24)25-16/h1-2,4-9,16H,3,10H2,(H,20,22)(H,21,23,24). The lowest BCUT2D eigenvalue weighted by Crippen LogP contribution is -2.20. The number of alkyl carbamates (subject to hydrolysis) is 1. The summed E-state index contributed by atoms with van der Waals surface area (Å²) < 4.78 is 17.7. The van der Waals surface area contributed by atoms with E-state index in [0.717, 1.165) is 5.56 Å². The molecule has 1 heterocycles. The predicted molar refractivity (Wildman–Crippen MR) is 87.2 cm³/mol. The van der Waals surface area contributed by atoms with E-state index in [9.17, 15) is 18.8 Å². The van der Waals surface area contributed by atoms with Crippen LogP contribution in [0.2, 0.25) is 0 Å². The van der Waals surface area contributed by atoms with Gasteiger partial charge in [0.1, 0.15) is 5.82 Å². The number of cyclic esters (lactones) is 1. The average Bonchev–Trinajstić information content (AvgIpc) is 2.93. The van der Waals surface area contributed by atoms with Gasteiger partial charge in [0, 0.05) is 17.7 Å². The molecule has 1 aliphatic heterocycles. The van der Waals surface area contributed by atoms with E-state index in [4.69, 9.17) is 4.74 Å². The Hall–Kier alpha value is -3.22. The summed E-state index contributed by atoms with van der Waals surface area (Å²) in [7, 11) is 0. The maximum absolute atomic E-state index is 12.8. The van der Waals surface area contributed by atoms with Crippen LogP contribution in [0.1, 0.15) is 23.7 Å². The summed E-state index contributed by atoms with van der Waals surface area (Å²) >= 11 is 0. The Morgan fingerprint density at radius 2 is 1.76 bits per heavy atom. The first-order chi connectivity index (χ1) is 12.0. The normalized spacial score (nSPS) is 16.3. The summed E-state index contributed by atoms with van der Waals surface area (Å²) in [6.45, 7) is 0. The van der Waals surface area contributed by atoms with Gasteiger partial charge in [-0.3, -0.25) is 14.9 Å². The fourth-order valence-electron chi connectivity index (χ4n) is 2.45. The van der Waals surface area contributed by atoms with Crippen LogP contribution in [-0.4, -0.2) is 17.9 Å². The van der Waals surface area contributed by atoms with E-state index in [-0.39, 0.29) is 18.1 Å². The summed E-state index contributed by atoms with van der Waals surface area (Å²) in [5, 5.41) is 4.79. The highest BCUT2D eigenvalue weighted by Gasteiger charge is 2.33. The number of carbonyl (C=O) groups excluding carboxylic acids is 3. The molecule has 3 rings (SSSR count). The van der Waals surface area contributed by atoms with Gasteiger partial charge < -0.3 is 10.1 Å². The van der Waals surface area contributed by atoms with Crippen molar-refractivity contribution in [1.29, 1.82) is 0 Å². The zero-order chi connectivity index (χ0) is 17.8. The van der Waals surface area contributed by atoms with Gasteiger partial charge in [-0.25, -0.2) is 9.18 Å². The van der Waals surface area contributed by atoms with E-state index < -0.39 is 18.1 Å². The summed E-state index contributed by atoms with van der Waals surface area (Å²) in [5.41, 5.74) is 1.96. The molecule has 0 saturated carbocycles. The molecule has 0 aliphatic carbocycles. The van der Waals surface area contributed by atoms with Gasteiger partial charge in [0.05, 0.1) is 0 Å². The summed E-state index contributed by atoms with van der Waals surface area (Å²) in [6.07, 6.45) is -0.970. The van der Waals surface area contributed by atoms with Crippen molar-refractivity contribution < 1.29 is 23.5 Å². The molecule has 0 aromatic heterocycles. The highest BCUT2D eigenvalue weighted by molar-refractivity contribution is 6.00. The number of rotatable bonds is 5. The maximum Gasteiger partial charge on any atom is 0.415 e. The van der Waals surface area contributed by atoms with Crippen LogP contribution < -0.4 is 10.6 Å². The number of anilines is 1. The maximum atomic E-state index is 12.8. The largest absolute Gasteiger partial charge is 0.431 e. The molecule has 25 heavy (non-hydrogen) atoms. The lowest BCUT2D eigenvalue weighted by Gasteiger charge is -2.09. The Morgan fingerprint density at radius 3 is 2.36 bits per heavy atom. The molecule has 2 N–H and O–H groups in total. The molecular formula is C18H15FN2O4. The lowest BCUT2D eigenvalue weighted by molar-refractivity contribution is -0.123. The number of aryl methyl sites for hydroxylation is 1. The molecule has 1 atom stereocenters. The highest BCUT2D eigenvalue weighted by atomic mass is 19.1. The zero-order valence-electron chi connectivity index (χ0n) is 13.1. The highest BCUT2D eigenvalue weighted by Crippen LogP contribution is 2.23. The first kappa shape index (κ1) is 16.6. The molecule has 7 heteroatoms. The quantitative estimate of drug-likeness (QED) is 0.875. The minimum absolute atomic E-state index is 0.179. The zero-order valence-corrected chi connectivity index (χ0v) is 13.1. The molecule has 0 radical (unpaired) electrons. The van der Waals surface area contributed by atoms with Crippen LogP contribution in [0.15, 0.2) is 48.5 Å². The van der Waals surface area contributed by atoms with Gasteiger partial charge in [-0.2, -0.15) is 0 Å². The van der Waals surface area contributed by atoms with Crippen molar-refractivity contribution in [2.75, 3.05) is 5.32 Å². The fourth-order valence-corrected chi connectivity index (χ4v) is 2.45. The molecule has 2 aromatic rings. The van der Waals surface area contributed by atoms with Crippen LogP contribution in [0.25, 0.3) is 0 Å². The summed E-state index contributed by atoms with van der Waals surface area (Å²) in [6, 6.07) is 12.5. The smallest absolute Gasteiger partial charge is 0.415 e. The third-order valence-corrected chi connectivity index (χ3v) is 3.74. The Bertz CT molecular complexity index is 803. The van der Waals surface area contributed by atoms with Crippen molar-refractivity contribution in [3.63, 3.8) is 0 Å². The monoisotopic (exact) mass is 342 g/mol. The third-order valence-electron chi connectivity index (χ3n) is 3.74. The number of imide groups is 1. The van der Waals surface area contributed by atoms with E-state index in [1.807, 2.05) is 0 Å². The predicted octanol–water partition coefficient (Wildman–Crippen LogP) is 2.70. The van der Waals surface area contributed by atoms with E-state index >= 15 is 0 Å². The van der Waals surface area contributed by atoms with Crippen LogP contribution in [0.3, 0.4) is 0 Å². The number of hydrogen-bond donors (Lipinski definition) is 2. The molecule has 2 aromatic carbocycles. The van der Waals surface area contributed by atoms with Gasteiger partial charge in [0.15, 0.2) is 0 Å². The van der Waals surface area contributed by atoms with Crippen LogP contribution in [0.4, 0.5) is 14.9 Å². The van der Waals surface area contributed by atoms with Gasteiger partial charge in [-0.1, -0.05) is 24.3 Å². The second kappa shape index (κ2) is 7.12. The summed E-state index contributed by atoms with van der Waals surface area (Å²) in [5.74, 6) is -1.00. The fraction of sp³-hybridized carbons (Fsp3) is 0.167. The molecule has 3 amide bonds. The van der Waals surface area contributed by atoms with Crippen molar-refractivity contribution >= 4 is 23.6 Å². The molecule has 0 bridgehead atoms. The number of carbonyl (C=O) groups is 3. The van der Waals surface area contributed by atoms with Crippen molar-refractivity contribution in [2.24, 2.45) is 0 Å². The van der Waals surface area contributed by atoms with Gasteiger partial charge in [-0.15, -0.1) is 0 Å². The first-order valence-corrected chi connectivity index (χ1v) is 7.67. The number of hydrogen-bond acceptors (Lipinski definition) is 4. The Kier molecular flexibility index (Phi) is 4.74. The molecule has 0 spiro atoms. The van der Waals surface area contributed by atoms with Crippen molar-refractivity contribution in [3.8, 4) is 0 Å². The Balaban J connectivity index is 1.54. The first-order valence-electron chi connectivity index (χ1n) is 7.67. The molecule has 1 unspecified atom stereocenters. The number of benzene rings is 2. The second-order valence-electron chi connectivity index (χ2n) is 5.57. The van der Waals surface area contributed by atoms with Crippen LogP contribution in [-0.2, 0) is 20.7 Å². The van der Waals surface area contributed by atoms with Crippen LogP contribution in [0.5, 0.6) is 0 Å².